The summed E-state index contributed by atoms with van der Waals surface area (Å²) in [4.78, 5) is 51.0. The van der Waals surface area contributed by atoms with Gasteiger partial charge in [-0.3, -0.25) is 19.4 Å². The van der Waals surface area contributed by atoms with E-state index in [1.807, 2.05) is 5.32 Å². The van der Waals surface area contributed by atoms with Crippen molar-refractivity contribution in [2.75, 3.05) is 10.6 Å². The van der Waals surface area contributed by atoms with Crippen molar-refractivity contribution in [3.05, 3.63) is 56.2 Å². The molecule has 0 bridgehead atoms. The normalized spacial score (nSPS) is 17.5. The fraction of sp³-hybridized carbons (Fsp3) is 0.222. The molecule has 1 atom stereocenters. The molecule has 18 heteroatoms. The average molecular weight is 545 g/mol. The maximum Gasteiger partial charge on any atom is 0.421 e. The number of H-pyrrole nitrogens is 1. The fourth-order valence-electron chi connectivity index (χ4n) is 3.55. The van der Waals surface area contributed by atoms with Crippen LogP contribution < -0.4 is 26.6 Å². The van der Waals surface area contributed by atoms with Crippen LogP contribution >= 0.6 is 11.3 Å². The number of aromatic amines is 1. The highest BCUT2D eigenvalue weighted by atomic mass is 32.2. The molecular formula is C18H14F3N7O6S2. The highest BCUT2D eigenvalue weighted by Crippen LogP contribution is 2.46. The van der Waals surface area contributed by atoms with Crippen molar-refractivity contribution < 1.29 is 31.2 Å². The van der Waals surface area contributed by atoms with Gasteiger partial charge >= 0.3 is 11.9 Å². The predicted molar refractivity (Wildman–Crippen MR) is 118 cm³/mol. The number of aryl methyl sites for hydroxylation is 1. The average Bonchev–Trinajstić information content (AvgIpc) is 3.32. The summed E-state index contributed by atoms with van der Waals surface area (Å²) in [6.07, 6.45) is -5.71. The number of aromatic nitrogens is 4. The summed E-state index contributed by atoms with van der Waals surface area (Å²) in [5.41, 5.74) is -7.91. The van der Waals surface area contributed by atoms with Crippen LogP contribution in [0.2, 0.25) is 0 Å². The van der Waals surface area contributed by atoms with Gasteiger partial charge in [0.15, 0.2) is 0 Å². The first-order chi connectivity index (χ1) is 16.7. The Balaban J connectivity index is 1.97. The lowest BCUT2D eigenvalue weighted by Gasteiger charge is -2.29. The van der Waals surface area contributed by atoms with Crippen LogP contribution in [0.3, 0.4) is 0 Å². The van der Waals surface area contributed by atoms with Crippen LogP contribution in [0, 0.1) is 6.92 Å². The van der Waals surface area contributed by atoms with Crippen molar-refractivity contribution in [3.8, 4) is 5.69 Å². The topological polar surface area (TPSA) is 185 Å². The van der Waals surface area contributed by atoms with Crippen LogP contribution in [0.15, 0.2) is 38.2 Å². The number of carbonyl (C=O) groups is 2. The Kier molecular flexibility index (Phi) is 5.84. The van der Waals surface area contributed by atoms with Gasteiger partial charge in [0.2, 0.25) is 20.9 Å². The molecule has 0 unspecified atom stereocenters. The smallest absolute Gasteiger partial charge is 0.309 e. The number of alkyl halides is 3. The molecule has 2 aromatic heterocycles. The number of nitrogens with zero attached hydrogens (tertiary/aromatic N) is 3. The van der Waals surface area contributed by atoms with Crippen LogP contribution in [0.25, 0.3) is 5.69 Å². The summed E-state index contributed by atoms with van der Waals surface area (Å²) in [5.74, 6) is -3.49. The van der Waals surface area contributed by atoms with Crippen molar-refractivity contribution in [1.82, 2.24) is 24.5 Å². The summed E-state index contributed by atoms with van der Waals surface area (Å²) < 4.78 is 70.3. The molecule has 2 amide bonds. The van der Waals surface area contributed by atoms with E-state index in [1.54, 1.807) is 11.1 Å². The molecule has 0 saturated heterocycles. The van der Waals surface area contributed by atoms with Crippen LogP contribution in [0.5, 0.6) is 0 Å². The summed E-state index contributed by atoms with van der Waals surface area (Å²) in [6, 6.07) is 5.92. The number of hydrogen-bond donors (Lipinski definition) is 4. The summed E-state index contributed by atoms with van der Waals surface area (Å²) in [5, 5.41) is 10.2. The molecule has 1 aliphatic heterocycles. The lowest BCUT2D eigenvalue weighted by atomic mass is 9.93. The highest BCUT2D eigenvalue weighted by molar-refractivity contribution is 7.91. The molecule has 1 aromatic carbocycles. The van der Waals surface area contributed by atoms with Crippen molar-refractivity contribution in [1.29, 1.82) is 0 Å². The van der Waals surface area contributed by atoms with Crippen molar-refractivity contribution >= 4 is 44.1 Å². The van der Waals surface area contributed by atoms with E-state index in [4.69, 9.17) is 0 Å². The Hall–Kier alpha value is -3.90. The number of carbonyl (C=O) groups excluding carboxylic acids is 2. The Labute approximate surface area is 202 Å². The van der Waals surface area contributed by atoms with Gasteiger partial charge in [0, 0.05) is 6.92 Å². The van der Waals surface area contributed by atoms with Gasteiger partial charge in [-0.15, -0.1) is 10.2 Å². The van der Waals surface area contributed by atoms with Gasteiger partial charge < -0.3 is 10.6 Å². The molecule has 4 rings (SSSR count). The molecule has 3 heterocycles. The molecule has 36 heavy (non-hydrogen) atoms. The molecule has 0 radical (unpaired) electrons. The Morgan fingerprint density at radius 3 is 2.44 bits per heavy atom. The SMILES string of the molecule is CC(=O)Nc1nnc(S(=O)(=O)N[C@]2(C(F)(F)F)C(=O)Nc3c2c(=O)[nH]c(=O)n3-c2ccccc2C)s1. The van der Waals surface area contributed by atoms with Crippen LogP contribution in [-0.4, -0.2) is 46.2 Å². The Bertz CT molecular complexity index is 1640. The fourth-order valence-corrected chi connectivity index (χ4v) is 5.83. The third kappa shape index (κ3) is 3.88. The van der Waals surface area contributed by atoms with Crippen molar-refractivity contribution in [2.45, 2.75) is 29.9 Å². The van der Waals surface area contributed by atoms with E-state index < -0.39 is 60.5 Å². The number of rotatable bonds is 5. The molecule has 0 aliphatic carbocycles. The lowest BCUT2D eigenvalue weighted by molar-refractivity contribution is -0.194. The summed E-state index contributed by atoms with van der Waals surface area (Å²) in [6.45, 7) is 2.60. The number of para-hydroxylation sites is 1. The van der Waals surface area contributed by atoms with Crippen molar-refractivity contribution in [2.24, 2.45) is 0 Å². The number of fused-ring (bicyclic) bond motifs is 1. The number of sulfonamides is 1. The monoisotopic (exact) mass is 545 g/mol. The third-order valence-corrected chi connectivity index (χ3v) is 7.70. The van der Waals surface area contributed by atoms with E-state index in [1.165, 1.54) is 29.8 Å². The molecule has 190 valence electrons. The summed E-state index contributed by atoms with van der Waals surface area (Å²) >= 11 is 0.207. The predicted octanol–water partition coefficient (Wildman–Crippen LogP) is 0.332. The molecule has 0 fully saturated rings. The number of amides is 2. The molecule has 0 spiro atoms. The van der Waals surface area contributed by atoms with Crippen LogP contribution in [0.1, 0.15) is 18.1 Å². The zero-order valence-corrected chi connectivity index (χ0v) is 19.7. The standard InChI is InChI=1S/C18H14F3N7O6S2/c1-7-5-3-4-6-9(7)28-11-10(12(30)24-15(28)32)17(13(31)23-11,18(19,20)21)27-36(33,34)16-26-25-14(35-16)22-8(2)29/h3-6,27H,1-2H3,(H,23,31)(H,22,25,29)(H,24,30,32)/t17-/m0/s1. The number of halogens is 3. The number of nitrogens with one attached hydrogen (secondary N) is 4. The second-order valence-corrected chi connectivity index (χ2v) is 10.3. The molecule has 0 saturated carbocycles. The minimum atomic E-state index is -5.71. The molecule has 3 aromatic rings. The number of anilines is 2. The first-order valence-corrected chi connectivity index (χ1v) is 12.0. The first kappa shape index (κ1) is 25.2. The molecular weight excluding hydrogens is 531 g/mol. The van der Waals surface area contributed by atoms with E-state index in [9.17, 15) is 40.8 Å². The molecule has 1 aliphatic rings. The molecule has 4 N–H and O–H groups in total. The Morgan fingerprint density at radius 1 is 1.17 bits per heavy atom. The van der Waals surface area contributed by atoms with Gasteiger partial charge in [0.1, 0.15) is 5.82 Å². The van der Waals surface area contributed by atoms with E-state index in [2.05, 4.69) is 15.5 Å². The largest absolute Gasteiger partial charge is 0.421 e. The van der Waals surface area contributed by atoms with E-state index in [0.29, 0.717) is 10.1 Å². The van der Waals surface area contributed by atoms with Crippen LogP contribution in [0.4, 0.5) is 24.1 Å². The highest BCUT2D eigenvalue weighted by Gasteiger charge is 2.69. The van der Waals surface area contributed by atoms with Crippen molar-refractivity contribution in [3.63, 3.8) is 0 Å². The lowest BCUT2D eigenvalue weighted by Crippen LogP contribution is -2.61. The second-order valence-electron chi connectivity index (χ2n) is 7.47. The molecule has 13 nitrogen and oxygen atoms in total. The van der Waals surface area contributed by atoms with Gasteiger partial charge in [0.25, 0.3) is 21.5 Å². The van der Waals surface area contributed by atoms with E-state index in [-0.39, 0.29) is 22.2 Å². The van der Waals surface area contributed by atoms with Gasteiger partial charge in [-0.1, -0.05) is 29.5 Å². The quantitative estimate of drug-likeness (QED) is 0.331. The minimum Gasteiger partial charge on any atom is -0.309 e. The van der Waals surface area contributed by atoms with E-state index >= 15 is 0 Å². The van der Waals surface area contributed by atoms with Gasteiger partial charge in [-0.2, -0.15) is 17.9 Å². The second kappa shape index (κ2) is 8.35. The van der Waals surface area contributed by atoms with Crippen LogP contribution in [-0.2, 0) is 25.2 Å². The zero-order chi connectivity index (χ0) is 26.6. The zero-order valence-electron chi connectivity index (χ0n) is 18.1. The Morgan fingerprint density at radius 2 is 1.83 bits per heavy atom. The van der Waals surface area contributed by atoms with E-state index in [0.717, 1.165) is 6.92 Å². The third-order valence-electron chi connectivity index (χ3n) is 5.05. The minimum absolute atomic E-state index is 0.0280. The number of hydrogen-bond acceptors (Lipinski definition) is 9. The van der Waals surface area contributed by atoms with Gasteiger partial charge in [-0.25, -0.2) is 17.8 Å². The maximum atomic E-state index is 14.5. The van der Waals surface area contributed by atoms with Gasteiger partial charge in [-0.05, 0) is 18.6 Å². The number of benzene rings is 1. The maximum absolute atomic E-state index is 14.5. The summed E-state index contributed by atoms with van der Waals surface area (Å²) in [7, 11) is -5.27. The van der Waals surface area contributed by atoms with Gasteiger partial charge in [0.05, 0.1) is 11.3 Å². The first-order valence-electron chi connectivity index (χ1n) is 9.68.